The standard InChI is InChI=1S/C23H32FN/c1-8-14(2)11-16(4)17(5)18(6)25-19(7)22-13-23(22)21-12-20(24)10-9-15(21)3/h8-10,12,16,18,22-23,25H,5,7,11,13H2,1-4,6H3/b14-8-/t16-,18?,22-,23-/m1/s1. The van der Waals surface area contributed by atoms with E-state index in [1.54, 1.807) is 6.07 Å². The molecule has 1 aromatic rings. The van der Waals surface area contributed by atoms with Crippen molar-refractivity contribution in [2.75, 3.05) is 0 Å². The second kappa shape index (κ2) is 8.03. The van der Waals surface area contributed by atoms with Gasteiger partial charge in [-0.3, -0.25) is 0 Å². The quantitative estimate of drug-likeness (QED) is 0.549. The van der Waals surface area contributed by atoms with Gasteiger partial charge in [0.15, 0.2) is 0 Å². The van der Waals surface area contributed by atoms with Crippen molar-refractivity contribution in [2.45, 2.75) is 59.4 Å². The summed E-state index contributed by atoms with van der Waals surface area (Å²) in [6, 6.07) is 5.27. The molecule has 1 aliphatic rings. The zero-order valence-electron chi connectivity index (χ0n) is 16.3. The molecule has 25 heavy (non-hydrogen) atoms. The minimum Gasteiger partial charge on any atom is -0.382 e. The van der Waals surface area contributed by atoms with Crippen molar-refractivity contribution in [1.82, 2.24) is 5.32 Å². The zero-order valence-corrected chi connectivity index (χ0v) is 16.3. The molecule has 2 rings (SSSR count). The fraction of sp³-hybridized carbons (Fsp3) is 0.478. The van der Waals surface area contributed by atoms with Crippen LogP contribution in [0.25, 0.3) is 0 Å². The van der Waals surface area contributed by atoms with Gasteiger partial charge in [-0.15, -0.1) is 0 Å². The van der Waals surface area contributed by atoms with E-state index in [4.69, 9.17) is 0 Å². The first-order valence-electron chi connectivity index (χ1n) is 9.26. The van der Waals surface area contributed by atoms with Gasteiger partial charge in [-0.1, -0.05) is 43.4 Å². The molecule has 136 valence electrons. The number of nitrogens with one attached hydrogen (secondary N) is 1. The van der Waals surface area contributed by atoms with E-state index >= 15 is 0 Å². The summed E-state index contributed by atoms with van der Waals surface area (Å²) >= 11 is 0. The predicted octanol–water partition coefficient (Wildman–Crippen LogP) is 6.28. The van der Waals surface area contributed by atoms with E-state index in [0.29, 0.717) is 17.8 Å². The highest BCUT2D eigenvalue weighted by Gasteiger charge is 2.41. The molecule has 4 atom stereocenters. The van der Waals surface area contributed by atoms with Crippen LogP contribution in [-0.2, 0) is 0 Å². The van der Waals surface area contributed by atoms with Crippen LogP contribution in [0.1, 0.15) is 57.6 Å². The Balaban J connectivity index is 1.92. The maximum Gasteiger partial charge on any atom is 0.123 e. The zero-order chi connectivity index (χ0) is 18.7. The van der Waals surface area contributed by atoms with E-state index in [1.165, 1.54) is 17.2 Å². The molecular formula is C23H32FN. The van der Waals surface area contributed by atoms with Crippen molar-refractivity contribution in [3.05, 3.63) is 71.2 Å². The molecule has 1 aliphatic carbocycles. The summed E-state index contributed by atoms with van der Waals surface area (Å²) in [5, 5.41) is 3.54. The Morgan fingerprint density at radius 3 is 2.68 bits per heavy atom. The van der Waals surface area contributed by atoms with Gasteiger partial charge >= 0.3 is 0 Å². The van der Waals surface area contributed by atoms with Crippen LogP contribution >= 0.6 is 0 Å². The van der Waals surface area contributed by atoms with E-state index in [1.807, 2.05) is 6.07 Å². The molecule has 2 heteroatoms. The van der Waals surface area contributed by atoms with Crippen molar-refractivity contribution in [3.8, 4) is 0 Å². The molecule has 1 unspecified atom stereocenters. The second-order valence-corrected chi connectivity index (χ2v) is 7.66. The maximum absolute atomic E-state index is 13.5. The number of rotatable bonds is 8. The van der Waals surface area contributed by atoms with Gasteiger partial charge in [-0.25, -0.2) is 4.39 Å². The molecule has 1 nitrogen and oxygen atoms in total. The minimum atomic E-state index is -0.153. The first-order chi connectivity index (χ1) is 11.7. The Kier molecular flexibility index (Phi) is 6.26. The van der Waals surface area contributed by atoms with Crippen molar-refractivity contribution < 1.29 is 4.39 Å². The molecule has 1 saturated carbocycles. The SMILES string of the molecule is C=C(C(C)NC(=C)[C@H]1C[C@@H]1c1cc(F)ccc1C)[C@H](C)C/C(C)=C\C. The fourth-order valence-corrected chi connectivity index (χ4v) is 3.57. The van der Waals surface area contributed by atoms with Crippen LogP contribution in [0.4, 0.5) is 4.39 Å². The molecule has 0 spiro atoms. The van der Waals surface area contributed by atoms with E-state index < -0.39 is 0 Å². The second-order valence-electron chi connectivity index (χ2n) is 7.66. The van der Waals surface area contributed by atoms with Gasteiger partial charge in [0.2, 0.25) is 0 Å². The lowest BCUT2D eigenvalue weighted by molar-refractivity contribution is 0.559. The monoisotopic (exact) mass is 341 g/mol. The maximum atomic E-state index is 13.5. The van der Waals surface area contributed by atoms with Crippen molar-refractivity contribution in [3.63, 3.8) is 0 Å². The molecule has 0 bridgehead atoms. The highest BCUT2D eigenvalue weighted by Crippen LogP contribution is 2.51. The molecule has 0 aromatic heterocycles. The number of benzene rings is 1. The Bertz CT molecular complexity index is 685. The summed E-state index contributed by atoms with van der Waals surface area (Å²) in [4.78, 5) is 0. The molecule has 1 N–H and O–H groups in total. The molecular weight excluding hydrogens is 309 g/mol. The van der Waals surface area contributed by atoms with Crippen LogP contribution < -0.4 is 5.32 Å². The van der Waals surface area contributed by atoms with Crippen LogP contribution in [0.5, 0.6) is 0 Å². The molecule has 0 amide bonds. The van der Waals surface area contributed by atoms with Gasteiger partial charge in [-0.05, 0) is 75.6 Å². The third-order valence-corrected chi connectivity index (χ3v) is 5.59. The number of hydrogen-bond donors (Lipinski definition) is 1. The Hall–Kier alpha value is -1.83. The van der Waals surface area contributed by atoms with Gasteiger partial charge in [0.05, 0.1) is 0 Å². The van der Waals surface area contributed by atoms with Crippen molar-refractivity contribution >= 4 is 0 Å². The van der Waals surface area contributed by atoms with E-state index in [9.17, 15) is 4.39 Å². The van der Waals surface area contributed by atoms with Gasteiger partial charge in [0.25, 0.3) is 0 Å². The number of hydrogen-bond acceptors (Lipinski definition) is 1. The number of halogens is 1. The summed E-state index contributed by atoms with van der Waals surface area (Å²) in [5.41, 5.74) is 5.94. The lowest BCUT2D eigenvalue weighted by Crippen LogP contribution is -2.30. The number of aryl methyl sites for hydroxylation is 1. The van der Waals surface area contributed by atoms with E-state index in [-0.39, 0.29) is 11.9 Å². The fourth-order valence-electron chi connectivity index (χ4n) is 3.57. The number of allylic oxidation sites excluding steroid dienone is 3. The summed E-state index contributed by atoms with van der Waals surface area (Å²) in [6.07, 6.45) is 4.25. The Morgan fingerprint density at radius 2 is 2.04 bits per heavy atom. The normalized spacial score (nSPS) is 22.2. The Labute approximate surface area is 152 Å². The third kappa shape index (κ3) is 4.84. The average molecular weight is 342 g/mol. The summed E-state index contributed by atoms with van der Waals surface area (Å²) < 4.78 is 13.5. The average Bonchev–Trinajstić information content (AvgIpc) is 3.36. The summed E-state index contributed by atoms with van der Waals surface area (Å²) in [7, 11) is 0. The van der Waals surface area contributed by atoms with Crippen LogP contribution in [-0.4, -0.2) is 6.04 Å². The topological polar surface area (TPSA) is 12.0 Å². The van der Waals surface area contributed by atoms with Crippen molar-refractivity contribution in [1.29, 1.82) is 0 Å². The molecule has 1 fully saturated rings. The van der Waals surface area contributed by atoms with Crippen LogP contribution in [0, 0.1) is 24.6 Å². The minimum absolute atomic E-state index is 0.153. The first kappa shape index (κ1) is 19.5. The van der Waals surface area contributed by atoms with Crippen LogP contribution in [0.15, 0.2) is 54.3 Å². The summed E-state index contributed by atoms with van der Waals surface area (Å²) in [6.45, 7) is 19.2. The largest absolute Gasteiger partial charge is 0.382 e. The molecule has 1 aromatic carbocycles. The lowest BCUT2D eigenvalue weighted by atomic mass is 9.90. The molecule has 0 aliphatic heterocycles. The third-order valence-electron chi connectivity index (χ3n) is 5.59. The van der Waals surface area contributed by atoms with E-state index in [0.717, 1.165) is 29.7 Å². The van der Waals surface area contributed by atoms with Crippen LogP contribution in [0.2, 0.25) is 0 Å². The molecule has 0 radical (unpaired) electrons. The van der Waals surface area contributed by atoms with Gasteiger partial charge in [0.1, 0.15) is 5.82 Å². The van der Waals surface area contributed by atoms with E-state index in [2.05, 4.69) is 59.2 Å². The predicted molar refractivity (Wildman–Crippen MR) is 106 cm³/mol. The highest BCUT2D eigenvalue weighted by molar-refractivity contribution is 5.37. The smallest absolute Gasteiger partial charge is 0.123 e. The van der Waals surface area contributed by atoms with Crippen molar-refractivity contribution in [2.24, 2.45) is 11.8 Å². The van der Waals surface area contributed by atoms with Gasteiger partial charge < -0.3 is 5.32 Å². The molecule has 0 saturated heterocycles. The Morgan fingerprint density at radius 1 is 1.36 bits per heavy atom. The van der Waals surface area contributed by atoms with Gasteiger partial charge in [0, 0.05) is 17.7 Å². The molecule has 0 heterocycles. The summed E-state index contributed by atoms with van der Waals surface area (Å²) in [5.74, 6) is 1.06. The van der Waals surface area contributed by atoms with Crippen LogP contribution in [0.3, 0.4) is 0 Å². The lowest BCUT2D eigenvalue weighted by Gasteiger charge is -2.24. The first-order valence-corrected chi connectivity index (χ1v) is 9.26. The highest BCUT2D eigenvalue weighted by atomic mass is 19.1. The van der Waals surface area contributed by atoms with Gasteiger partial charge in [-0.2, -0.15) is 0 Å².